The number of carboxylic acid groups (broad SMARTS) is 3. The van der Waals surface area contributed by atoms with E-state index in [4.69, 9.17) is 0 Å². The minimum Gasteiger partial charge on any atom is -0.480 e. The topological polar surface area (TPSA) is 131 Å². The number of hydrogen-bond donors (Lipinski definition) is 3. The average molecular weight is 475 g/mol. The molecule has 0 aromatic heterocycles. The maximum absolute atomic E-state index is 11.4. The fourth-order valence-corrected chi connectivity index (χ4v) is 3.59. The van der Waals surface area contributed by atoms with Crippen LogP contribution in [0.3, 0.4) is 0 Å². The van der Waals surface area contributed by atoms with E-state index in [0.29, 0.717) is 52.4 Å². The molecular formula is C21H42N6O6. The third kappa shape index (κ3) is 14.8. The molecule has 1 heterocycles. The molecule has 0 spiro atoms. The van der Waals surface area contributed by atoms with Crippen LogP contribution in [-0.2, 0) is 14.4 Å². The highest BCUT2D eigenvalue weighted by atomic mass is 16.4. The SMILES string of the molecule is CN1CCN(C)CCN(CC(=O)O)CCN(CC(=O)O)CCN(CC(=O)O)CCN(C)CC1. The number of hydrogen-bond acceptors (Lipinski definition) is 9. The van der Waals surface area contributed by atoms with Gasteiger partial charge in [-0.05, 0) is 21.1 Å². The minimum absolute atomic E-state index is 0.105. The van der Waals surface area contributed by atoms with E-state index in [1.54, 1.807) is 4.90 Å². The summed E-state index contributed by atoms with van der Waals surface area (Å²) in [5, 5.41) is 27.9. The van der Waals surface area contributed by atoms with Crippen molar-refractivity contribution >= 4 is 17.9 Å². The molecule has 3 N–H and O–H groups in total. The number of rotatable bonds is 6. The second-order valence-corrected chi connectivity index (χ2v) is 8.92. The molecule has 0 aromatic rings. The third-order valence-corrected chi connectivity index (χ3v) is 5.86. The molecule has 1 rings (SSSR count). The van der Waals surface area contributed by atoms with Crippen molar-refractivity contribution in [2.75, 3.05) is 119 Å². The molecule has 12 heteroatoms. The first-order valence-electron chi connectivity index (χ1n) is 11.4. The quantitative estimate of drug-likeness (QED) is 0.392. The summed E-state index contributed by atoms with van der Waals surface area (Å²) in [4.78, 5) is 46.0. The Labute approximate surface area is 196 Å². The molecule has 192 valence electrons. The van der Waals surface area contributed by atoms with Gasteiger partial charge in [0.25, 0.3) is 0 Å². The Morgan fingerprint density at radius 3 is 0.848 bits per heavy atom. The Bertz CT molecular complexity index is 568. The first-order valence-corrected chi connectivity index (χ1v) is 11.4. The highest BCUT2D eigenvalue weighted by molar-refractivity contribution is 5.69. The van der Waals surface area contributed by atoms with Gasteiger partial charge in [-0.3, -0.25) is 29.1 Å². The van der Waals surface area contributed by atoms with Gasteiger partial charge in [-0.25, -0.2) is 0 Å². The molecule has 0 unspecified atom stereocenters. The van der Waals surface area contributed by atoms with Crippen molar-refractivity contribution in [2.45, 2.75) is 0 Å². The van der Waals surface area contributed by atoms with E-state index in [-0.39, 0.29) is 19.6 Å². The molecule has 12 nitrogen and oxygen atoms in total. The molecule has 1 aliphatic heterocycles. The Morgan fingerprint density at radius 1 is 0.455 bits per heavy atom. The maximum Gasteiger partial charge on any atom is 0.317 e. The van der Waals surface area contributed by atoms with Crippen LogP contribution in [0.2, 0.25) is 0 Å². The number of carboxylic acids is 3. The Hall–Kier alpha value is -1.83. The fourth-order valence-electron chi connectivity index (χ4n) is 3.59. The van der Waals surface area contributed by atoms with Gasteiger partial charge in [0.05, 0.1) is 19.6 Å². The summed E-state index contributed by atoms with van der Waals surface area (Å²) in [7, 11) is 6.11. The van der Waals surface area contributed by atoms with Crippen LogP contribution in [0.4, 0.5) is 0 Å². The lowest BCUT2D eigenvalue weighted by Gasteiger charge is -2.31. The summed E-state index contributed by atoms with van der Waals surface area (Å²) in [5.74, 6) is -2.79. The summed E-state index contributed by atoms with van der Waals surface area (Å²) in [6, 6.07) is 0. The molecule has 1 fully saturated rings. The largest absolute Gasteiger partial charge is 0.480 e. The molecule has 0 bridgehead atoms. The monoisotopic (exact) mass is 474 g/mol. The predicted octanol–water partition coefficient (Wildman–Crippen LogP) is -2.04. The van der Waals surface area contributed by atoms with E-state index >= 15 is 0 Å². The predicted molar refractivity (Wildman–Crippen MR) is 125 cm³/mol. The number of nitrogens with zero attached hydrogens (tertiary/aromatic N) is 6. The lowest BCUT2D eigenvalue weighted by molar-refractivity contribution is -0.140. The summed E-state index contributed by atoms with van der Waals surface area (Å²) < 4.78 is 0. The van der Waals surface area contributed by atoms with Crippen LogP contribution in [0, 0.1) is 0 Å². The molecule has 0 aromatic carbocycles. The van der Waals surface area contributed by atoms with Gasteiger partial charge in [0.2, 0.25) is 0 Å². The maximum atomic E-state index is 11.4. The van der Waals surface area contributed by atoms with Crippen molar-refractivity contribution < 1.29 is 29.7 Å². The van der Waals surface area contributed by atoms with Crippen molar-refractivity contribution in [3.63, 3.8) is 0 Å². The van der Waals surface area contributed by atoms with Crippen LogP contribution in [-0.4, -0.2) is 182 Å². The van der Waals surface area contributed by atoms with Gasteiger partial charge in [-0.15, -0.1) is 0 Å². The first kappa shape index (κ1) is 29.2. The highest BCUT2D eigenvalue weighted by Gasteiger charge is 2.18. The van der Waals surface area contributed by atoms with Gasteiger partial charge in [-0.2, -0.15) is 0 Å². The van der Waals surface area contributed by atoms with Gasteiger partial charge in [0, 0.05) is 78.5 Å². The third-order valence-electron chi connectivity index (χ3n) is 5.86. The van der Waals surface area contributed by atoms with E-state index in [1.165, 1.54) is 0 Å². The van der Waals surface area contributed by atoms with E-state index in [1.807, 2.05) is 23.9 Å². The standard InChI is InChI=1S/C21H42N6O6/c1-22-4-6-23(2)8-10-25(16-19(28)29)12-14-27(18-21(32)33)15-13-26(17-20(30)31)11-9-24(3)7-5-22/h4-18H2,1-3H3,(H,28,29)(H,30,31)(H,32,33). The molecule has 1 aliphatic rings. The van der Waals surface area contributed by atoms with Crippen LogP contribution >= 0.6 is 0 Å². The first-order chi connectivity index (χ1) is 15.5. The van der Waals surface area contributed by atoms with Crippen LogP contribution in [0.1, 0.15) is 0 Å². The van der Waals surface area contributed by atoms with Crippen LogP contribution < -0.4 is 0 Å². The minimum atomic E-state index is -0.963. The zero-order chi connectivity index (χ0) is 24.8. The zero-order valence-corrected chi connectivity index (χ0v) is 20.4. The lowest BCUT2D eigenvalue weighted by atomic mass is 10.3. The Kier molecular flexibility index (Phi) is 14.1. The highest BCUT2D eigenvalue weighted by Crippen LogP contribution is 1.99. The van der Waals surface area contributed by atoms with Crippen LogP contribution in [0.15, 0.2) is 0 Å². The number of likely N-dealkylation sites (N-methyl/N-ethyl adjacent to an activating group) is 3. The normalized spacial score (nSPS) is 21.9. The van der Waals surface area contributed by atoms with Crippen molar-refractivity contribution in [1.82, 2.24) is 29.4 Å². The second-order valence-electron chi connectivity index (χ2n) is 8.92. The average Bonchev–Trinajstić information content (AvgIpc) is 2.72. The second kappa shape index (κ2) is 15.9. The number of aliphatic carboxylic acids is 3. The molecule has 0 aliphatic carbocycles. The summed E-state index contributed by atoms with van der Waals surface area (Å²) in [6.07, 6.45) is 0. The van der Waals surface area contributed by atoms with Crippen LogP contribution in [0.5, 0.6) is 0 Å². The summed E-state index contributed by atoms with van der Waals surface area (Å²) in [5.41, 5.74) is 0. The van der Waals surface area contributed by atoms with Crippen molar-refractivity contribution in [2.24, 2.45) is 0 Å². The van der Waals surface area contributed by atoms with E-state index < -0.39 is 17.9 Å². The molecule has 0 atom stereocenters. The van der Waals surface area contributed by atoms with Crippen molar-refractivity contribution in [3.8, 4) is 0 Å². The Balaban J connectivity index is 2.91. The number of carbonyl (C=O) groups is 3. The molecule has 0 saturated carbocycles. The van der Waals surface area contributed by atoms with Crippen molar-refractivity contribution in [3.05, 3.63) is 0 Å². The fraction of sp³-hybridized carbons (Fsp3) is 0.857. The smallest absolute Gasteiger partial charge is 0.317 e. The van der Waals surface area contributed by atoms with E-state index in [9.17, 15) is 29.7 Å². The van der Waals surface area contributed by atoms with Gasteiger partial charge < -0.3 is 30.0 Å². The van der Waals surface area contributed by atoms with E-state index in [0.717, 1.165) is 26.2 Å². The summed E-state index contributed by atoms with van der Waals surface area (Å²) in [6.45, 7) is 7.33. The Morgan fingerprint density at radius 2 is 0.636 bits per heavy atom. The molecule has 1 saturated heterocycles. The molecule has 0 radical (unpaired) electrons. The van der Waals surface area contributed by atoms with Gasteiger partial charge in [0.15, 0.2) is 0 Å². The molecular weight excluding hydrogens is 432 g/mol. The van der Waals surface area contributed by atoms with Gasteiger partial charge >= 0.3 is 17.9 Å². The van der Waals surface area contributed by atoms with Crippen LogP contribution in [0.25, 0.3) is 0 Å². The molecule has 0 amide bonds. The van der Waals surface area contributed by atoms with Gasteiger partial charge in [-0.1, -0.05) is 0 Å². The zero-order valence-electron chi connectivity index (χ0n) is 20.4. The molecule has 33 heavy (non-hydrogen) atoms. The van der Waals surface area contributed by atoms with E-state index in [2.05, 4.69) is 21.7 Å². The van der Waals surface area contributed by atoms with Gasteiger partial charge in [0.1, 0.15) is 0 Å². The summed E-state index contributed by atoms with van der Waals surface area (Å²) >= 11 is 0. The lowest BCUT2D eigenvalue weighted by Crippen LogP contribution is -2.46. The van der Waals surface area contributed by atoms with Crippen molar-refractivity contribution in [1.29, 1.82) is 0 Å².